The van der Waals surface area contributed by atoms with Crippen molar-refractivity contribution >= 4 is 5.69 Å². The van der Waals surface area contributed by atoms with Gasteiger partial charge in [-0.3, -0.25) is 0 Å². The van der Waals surface area contributed by atoms with Crippen LogP contribution in [0.2, 0.25) is 0 Å². The summed E-state index contributed by atoms with van der Waals surface area (Å²) in [7, 11) is 0. The van der Waals surface area contributed by atoms with Crippen LogP contribution in [0.25, 0.3) is 0 Å². The number of benzene rings is 1. The molecule has 0 atom stereocenters. The molecule has 0 unspecified atom stereocenters. The SMILES string of the molecule is Cc1ccc(N2CCC3(CCCC3)CC2)c(CCN)c1. The minimum atomic E-state index is 0.704. The summed E-state index contributed by atoms with van der Waals surface area (Å²) in [5.74, 6) is 0. The Bertz CT molecular complexity index is 450. The van der Waals surface area contributed by atoms with Crippen molar-refractivity contribution in [3.8, 4) is 0 Å². The lowest BCUT2D eigenvalue weighted by Gasteiger charge is -2.41. The Hall–Kier alpha value is -1.02. The van der Waals surface area contributed by atoms with Crippen molar-refractivity contribution in [2.75, 3.05) is 24.5 Å². The molecular weight excluding hydrogens is 244 g/mol. The fraction of sp³-hybridized carbons (Fsp3) is 0.667. The first-order chi connectivity index (χ1) is 9.72. The largest absolute Gasteiger partial charge is 0.371 e. The fourth-order valence-electron chi connectivity index (χ4n) is 4.23. The van der Waals surface area contributed by atoms with Crippen molar-refractivity contribution in [3.05, 3.63) is 29.3 Å². The van der Waals surface area contributed by atoms with Gasteiger partial charge in [-0.2, -0.15) is 0 Å². The van der Waals surface area contributed by atoms with E-state index in [2.05, 4.69) is 30.0 Å². The molecule has 110 valence electrons. The van der Waals surface area contributed by atoms with E-state index in [9.17, 15) is 0 Å². The Balaban J connectivity index is 1.74. The summed E-state index contributed by atoms with van der Waals surface area (Å²) in [6.07, 6.45) is 9.66. The van der Waals surface area contributed by atoms with Gasteiger partial charge in [-0.25, -0.2) is 0 Å². The van der Waals surface area contributed by atoms with Crippen molar-refractivity contribution in [3.63, 3.8) is 0 Å². The Kier molecular flexibility index (Phi) is 4.02. The van der Waals surface area contributed by atoms with Crippen LogP contribution in [0.3, 0.4) is 0 Å². The van der Waals surface area contributed by atoms with Gasteiger partial charge in [0.05, 0.1) is 0 Å². The average Bonchev–Trinajstić information content (AvgIpc) is 2.89. The molecule has 20 heavy (non-hydrogen) atoms. The van der Waals surface area contributed by atoms with Gasteiger partial charge in [-0.15, -0.1) is 0 Å². The Morgan fingerprint density at radius 2 is 1.80 bits per heavy atom. The number of anilines is 1. The maximum absolute atomic E-state index is 5.78. The molecule has 2 fully saturated rings. The van der Waals surface area contributed by atoms with Crippen LogP contribution in [0.5, 0.6) is 0 Å². The van der Waals surface area contributed by atoms with Gasteiger partial charge < -0.3 is 10.6 Å². The molecule has 1 aromatic rings. The maximum atomic E-state index is 5.78. The van der Waals surface area contributed by atoms with Gasteiger partial charge in [0.1, 0.15) is 0 Å². The molecule has 1 aromatic carbocycles. The number of hydrogen-bond donors (Lipinski definition) is 1. The molecule has 2 aliphatic rings. The molecule has 1 aliphatic heterocycles. The highest BCUT2D eigenvalue weighted by Crippen LogP contribution is 2.46. The molecule has 2 heteroatoms. The smallest absolute Gasteiger partial charge is 0.0399 e. The van der Waals surface area contributed by atoms with E-state index in [0.29, 0.717) is 5.41 Å². The number of nitrogens with two attached hydrogens (primary N) is 1. The van der Waals surface area contributed by atoms with E-state index in [1.54, 1.807) is 0 Å². The number of aryl methyl sites for hydroxylation is 1. The standard InChI is InChI=1S/C18H28N2/c1-15-4-5-17(16(14-15)6-11-19)20-12-9-18(10-13-20)7-2-3-8-18/h4-5,14H,2-3,6-13,19H2,1H3. The van der Waals surface area contributed by atoms with E-state index in [1.807, 2.05) is 0 Å². The molecule has 1 saturated heterocycles. The monoisotopic (exact) mass is 272 g/mol. The molecule has 3 rings (SSSR count). The van der Waals surface area contributed by atoms with Crippen molar-refractivity contribution < 1.29 is 0 Å². The third-order valence-corrected chi connectivity index (χ3v) is 5.48. The zero-order chi connectivity index (χ0) is 14.0. The topological polar surface area (TPSA) is 29.3 Å². The van der Waals surface area contributed by atoms with Crippen molar-refractivity contribution in [1.29, 1.82) is 0 Å². The van der Waals surface area contributed by atoms with E-state index in [-0.39, 0.29) is 0 Å². The van der Waals surface area contributed by atoms with Gasteiger partial charge in [0.25, 0.3) is 0 Å². The molecule has 0 bridgehead atoms. The third-order valence-electron chi connectivity index (χ3n) is 5.48. The number of hydrogen-bond acceptors (Lipinski definition) is 2. The van der Waals surface area contributed by atoms with Gasteiger partial charge in [-0.05, 0) is 62.6 Å². The lowest BCUT2D eigenvalue weighted by atomic mass is 9.77. The van der Waals surface area contributed by atoms with Gasteiger partial charge in [0, 0.05) is 18.8 Å². The van der Waals surface area contributed by atoms with Crippen LogP contribution < -0.4 is 10.6 Å². The average molecular weight is 272 g/mol. The fourth-order valence-corrected chi connectivity index (χ4v) is 4.23. The van der Waals surface area contributed by atoms with Crippen LogP contribution in [-0.4, -0.2) is 19.6 Å². The summed E-state index contributed by atoms with van der Waals surface area (Å²) < 4.78 is 0. The first-order valence-electron chi connectivity index (χ1n) is 8.27. The molecule has 1 spiro atoms. The van der Waals surface area contributed by atoms with Crippen LogP contribution in [0.4, 0.5) is 5.69 Å². The molecule has 2 N–H and O–H groups in total. The molecule has 0 aromatic heterocycles. The number of nitrogens with zero attached hydrogens (tertiary/aromatic N) is 1. The highest BCUT2D eigenvalue weighted by Gasteiger charge is 2.37. The summed E-state index contributed by atoms with van der Waals surface area (Å²) in [5, 5.41) is 0. The van der Waals surface area contributed by atoms with Crippen molar-refractivity contribution in [2.24, 2.45) is 11.1 Å². The van der Waals surface area contributed by atoms with E-state index >= 15 is 0 Å². The van der Waals surface area contributed by atoms with Crippen molar-refractivity contribution in [1.82, 2.24) is 0 Å². The lowest BCUT2D eigenvalue weighted by molar-refractivity contribution is 0.226. The zero-order valence-corrected chi connectivity index (χ0v) is 12.8. The summed E-state index contributed by atoms with van der Waals surface area (Å²) in [6.45, 7) is 5.39. The number of rotatable bonds is 3. The van der Waals surface area contributed by atoms with Crippen molar-refractivity contribution in [2.45, 2.75) is 51.9 Å². The lowest BCUT2D eigenvalue weighted by Crippen LogP contribution is -2.39. The molecule has 0 radical (unpaired) electrons. The Labute approximate surface area is 123 Å². The molecule has 2 nitrogen and oxygen atoms in total. The van der Waals surface area contributed by atoms with Crippen LogP contribution in [0, 0.1) is 12.3 Å². The van der Waals surface area contributed by atoms with E-state index in [1.165, 1.54) is 68.4 Å². The Morgan fingerprint density at radius 3 is 2.45 bits per heavy atom. The van der Waals surface area contributed by atoms with Crippen LogP contribution >= 0.6 is 0 Å². The third kappa shape index (κ3) is 2.71. The predicted molar refractivity (Wildman–Crippen MR) is 86.3 cm³/mol. The maximum Gasteiger partial charge on any atom is 0.0399 e. The van der Waals surface area contributed by atoms with Crippen LogP contribution in [0.15, 0.2) is 18.2 Å². The van der Waals surface area contributed by atoms with Gasteiger partial charge in [0.2, 0.25) is 0 Å². The molecular formula is C18H28N2. The van der Waals surface area contributed by atoms with E-state index in [4.69, 9.17) is 5.73 Å². The molecule has 1 saturated carbocycles. The second-order valence-electron chi connectivity index (χ2n) is 6.86. The van der Waals surface area contributed by atoms with Crippen LogP contribution in [0.1, 0.15) is 49.7 Å². The highest BCUT2D eigenvalue weighted by molar-refractivity contribution is 5.55. The van der Waals surface area contributed by atoms with E-state index < -0.39 is 0 Å². The van der Waals surface area contributed by atoms with E-state index in [0.717, 1.165) is 13.0 Å². The van der Waals surface area contributed by atoms with Gasteiger partial charge in [0.15, 0.2) is 0 Å². The normalized spacial score (nSPS) is 21.6. The minimum Gasteiger partial charge on any atom is -0.371 e. The summed E-state index contributed by atoms with van der Waals surface area (Å²) in [4.78, 5) is 2.61. The molecule has 1 aliphatic carbocycles. The zero-order valence-electron chi connectivity index (χ0n) is 12.8. The second-order valence-corrected chi connectivity index (χ2v) is 6.86. The first-order valence-corrected chi connectivity index (χ1v) is 8.27. The predicted octanol–water partition coefficient (Wildman–Crippen LogP) is 3.66. The highest BCUT2D eigenvalue weighted by atomic mass is 15.1. The minimum absolute atomic E-state index is 0.704. The van der Waals surface area contributed by atoms with Crippen LogP contribution in [-0.2, 0) is 6.42 Å². The second kappa shape index (κ2) is 5.77. The molecule has 1 heterocycles. The summed E-state index contributed by atoms with van der Waals surface area (Å²) >= 11 is 0. The van der Waals surface area contributed by atoms with Gasteiger partial charge in [-0.1, -0.05) is 30.5 Å². The first kappa shape index (κ1) is 13.9. The Morgan fingerprint density at radius 1 is 1.10 bits per heavy atom. The quantitative estimate of drug-likeness (QED) is 0.910. The summed E-state index contributed by atoms with van der Waals surface area (Å²) in [6, 6.07) is 6.88. The number of piperidine rings is 1. The van der Waals surface area contributed by atoms with Gasteiger partial charge >= 0.3 is 0 Å². The summed E-state index contributed by atoms with van der Waals surface area (Å²) in [5.41, 5.74) is 10.7. The molecule has 0 amide bonds.